The number of Topliss-reactive ketones (excluding diaryl/α,β-unsaturated/α-hetero) is 1. The summed E-state index contributed by atoms with van der Waals surface area (Å²) in [4.78, 5) is 35.0. The minimum atomic E-state index is -1.83. The number of hydrogen-bond donors (Lipinski definition) is 6. The Labute approximate surface area is 192 Å². The standard InChI is InChI=1S/C18H28N4O10S/c1-19-10(11(23)3-8(6-33-2)16(27)28)4-9-5-22(21-20-9)7-31-18-14(26)12(24)13(25)15(32-18)17(29)30/h5,8,10,12-15,18-19,24-26H,3-4,6-7H2,1-2H3,(H,27,28)(H,29,30)/t8-,10+,12+,13?,14+,15?,18?/m1/s1. The molecular weight excluding hydrogens is 464 g/mol. The van der Waals surface area contributed by atoms with Gasteiger partial charge >= 0.3 is 11.9 Å². The number of carboxylic acid groups (broad SMARTS) is 2. The number of carbonyl (C=O) groups is 3. The van der Waals surface area contributed by atoms with Crippen molar-refractivity contribution >= 4 is 29.5 Å². The summed E-state index contributed by atoms with van der Waals surface area (Å²) in [5, 5.41) is 58.4. The van der Waals surface area contributed by atoms with Crippen molar-refractivity contribution in [1.82, 2.24) is 20.3 Å². The second kappa shape index (κ2) is 12.4. The molecule has 1 aromatic rings. The van der Waals surface area contributed by atoms with Crippen LogP contribution in [0.4, 0.5) is 0 Å². The molecule has 15 heteroatoms. The second-order valence-electron chi connectivity index (χ2n) is 7.49. The van der Waals surface area contributed by atoms with Crippen molar-refractivity contribution in [3.63, 3.8) is 0 Å². The first-order chi connectivity index (χ1) is 15.6. The Balaban J connectivity index is 1.95. The Morgan fingerprint density at radius 1 is 1.24 bits per heavy atom. The SMILES string of the molecule is CN[C@@H](Cc1cn(COC2OC(C(=O)O)C(O)[C@H](O)[C@@H]2O)nn1)C(=O)C[C@H](CSC)C(=O)O. The van der Waals surface area contributed by atoms with Gasteiger partial charge in [0.2, 0.25) is 0 Å². The van der Waals surface area contributed by atoms with Gasteiger partial charge in [0, 0.05) is 18.6 Å². The predicted molar refractivity (Wildman–Crippen MR) is 111 cm³/mol. The maximum Gasteiger partial charge on any atom is 0.335 e. The van der Waals surface area contributed by atoms with E-state index in [1.54, 1.807) is 13.3 Å². The van der Waals surface area contributed by atoms with Gasteiger partial charge < -0.3 is 40.3 Å². The van der Waals surface area contributed by atoms with Gasteiger partial charge in [0.05, 0.1) is 23.9 Å². The molecule has 2 rings (SSSR count). The highest BCUT2D eigenvalue weighted by molar-refractivity contribution is 7.98. The van der Waals surface area contributed by atoms with E-state index in [9.17, 15) is 34.8 Å². The monoisotopic (exact) mass is 492 g/mol. The summed E-state index contributed by atoms with van der Waals surface area (Å²) < 4.78 is 11.5. The van der Waals surface area contributed by atoms with E-state index in [1.807, 2.05) is 0 Å². The minimum Gasteiger partial charge on any atom is -0.481 e. The summed E-state index contributed by atoms with van der Waals surface area (Å²) in [6.45, 7) is -0.336. The Hall–Kier alpha value is -2.14. The lowest BCUT2D eigenvalue weighted by Crippen LogP contribution is -2.60. The van der Waals surface area contributed by atoms with Gasteiger partial charge in [-0.25, -0.2) is 9.48 Å². The van der Waals surface area contributed by atoms with Gasteiger partial charge in [-0.05, 0) is 13.3 Å². The van der Waals surface area contributed by atoms with E-state index in [0.29, 0.717) is 11.4 Å². The average molecular weight is 493 g/mol. The van der Waals surface area contributed by atoms with Crippen LogP contribution in [-0.4, -0.2) is 114 Å². The van der Waals surface area contributed by atoms with Gasteiger partial charge in [-0.15, -0.1) is 5.10 Å². The molecule has 0 saturated carbocycles. The number of aliphatic hydroxyl groups is 3. The number of ether oxygens (including phenoxy) is 2. The fourth-order valence-corrected chi connectivity index (χ4v) is 3.89. The Bertz CT molecular complexity index is 824. The Morgan fingerprint density at radius 3 is 2.52 bits per heavy atom. The highest BCUT2D eigenvalue weighted by Crippen LogP contribution is 2.22. The van der Waals surface area contributed by atoms with Gasteiger partial charge in [0.1, 0.15) is 25.0 Å². The highest BCUT2D eigenvalue weighted by atomic mass is 32.2. The quantitative estimate of drug-likeness (QED) is 0.165. The largest absolute Gasteiger partial charge is 0.481 e. The summed E-state index contributed by atoms with van der Waals surface area (Å²) in [7, 11) is 1.57. The number of likely N-dealkylation sites (N-methyl/N-ethyl adjacent to an activating group) is 1. The van der Waals surface area contributed by atoms with Crippen molar-refractivity contribution in [3.8, 4) is 0 Å². The number of ketones is 1. The van der Waals surface area contributed by atoms with Crippen molar-refractivity contribution in [2.24, 2.45) is 5.92 Å². The first kappa shape index (κ1) is 27.1. The van der Waals surface area contributed by atoms with E-state index in [0.717, 1.165) is 0 Å². The molecule has 14 nitrogen and oxygen atoms in total. The summed E-state index contributed by atoms with van der Waals surface area (Å²) in [6, 6.07) is -0.684. The number of rotatable bonds is 13. The number of thioether (sulfide) groups is 1. The van der Waals surface area contributed by atoms with E-state index in [2.05, 4.69) is 15.6 Å². The van der Waals surface area contributed by atoms with E-state index in [1.165, 1.54) is 22.6 Å². The van der Waals surface area contributed by atoms with Gasteiger partial charge in [-0.3, -0.25) is 9.59 Å². The van der Waals surface area contributed by atoms with E-state index in [4.69, 9.17) is 14.6 Å². The number of nitrogens with zero attached hydrogens (tertiary/aromatic N) is 3. The Kier molecular flexibility index (Phi) is 10.2. The predicted octanol–water partition coefficient (Wildman–Crippen LogP) is -2.70. The number of aliphatic carboxylic acids is 2. The molecule has 1 aliphatic rings. The summed E-state index contributed by atoms with van der Waals surface area (Å²) in [6.07, 6.45) is -5.45. The smallest absolute Gasteiger partial charge is 0.335 e. The molecule has 0 spiro atoms. The van der Waals surface area contributed by atoms with Crippen molar-refractivity contribution in [2.45, 2.75) is 56.3 Å². The molecule has 1 aromatic heterocycles. The number of carbonyl (C=O) groups excluding carboxylic acids is 1. The van der Waals surface area contributed by atoms with Crippen LogP contribution in [0.3, 0.4) is 0 Å². The zero-order valence-electron chi connectivity index (χ0n) is 18.0. The molecule has 7 atom stereocenters. The molecular formula is C18H28N4O10S. The third kappa shape index (κ3) is 7.17. The number of nitrogens with one attached hydrogen (secondary N) is 1. The van der Waals surface area contributed by atoms with Gasteiger partial charge in [0.25, 0.3) is 0 Å². The number of aromatic nitrogens is 3. The van der Waals surface area contributed by atoms with Crippen LogP contribution < -0.4 is 5.32 Å². The zero-order chi connectivity index (χ0) is 24.7. The highest BCUT2D eigenvalue weighted by Gasteiger charge is 2.47. The molecule has 0 radical (unpaired) electrons. The van der Waals surface area contributed by atoms with Crippen molar-refractivity contribution in [1.29, 1.82) is 0 Å². The molecule has 186 valence electrons. The molecule has 0 aromatic carbocycles. The number of aliphatic hydroxyl groups excluding tert-OH is 3. The molecule has 3 unspecified atom stereocenters. The maximum atomic E-state index is 12.5. The van der Waals surface area contributed by atoms with Crippen LogP contribution in [-0.2, 0) is 37.0 Å². The minimum absolute atomic E-state index is 0.130. The Morgan fingerprint density at radius 2 is 1.94 bits per heavy atom. The van der Waals surface area contributed by atoms with Crippen LogP contribution in [0.2, 0.25) is 0 Å². The molecule has 33 heavy (non-hydrogen) atoms. The fraction of sp³-hybridized carbons (Fsp3) is 0.722. The zero-order valence-corrected chi connectivity index (χ0v) is 18.8. The molecule has 1 saturated heterocycles. The number of hydrogen-bond acceptors (Lipinski definition) is 12. The third-order valence-corrected chi connectivity index (χ3v) is 5.82. The molecule has 2 heterocycles. The third-order valence-electron chi connectivity index (χ3n) is 5.09. The lowest BCUT2D eigenvalue weighted by molar-refractivity contribution is -0.302. The maximum absolute atomic E-state index is 12.5. The summed E-state index contributed by atoms with van der Waals surface area (Å²) >= 11 is 1.34. The normalized spacial score (nSPS) is 27.1. The molecule has 0 aliphatic carbocycles. The summed E-state index contributed by atoms with van der Waals surface area (Å²) in [5.74, 6) is -3.33. The van der Waals surface area contributed by atoms with Gasteiger partial charge in [-0.1, -0.05) is 5.21 Å². The molecule has 1 aliphatic heterocycles. The topological polar surface area (TPSA) is 214 Å². The van der Waals surface area contributed by atoms with Crippen LogP contribution in [0, 0.1) is 5.92 Å². The van der Waals surface area contributed by atoms with E-state index < -0.39 is 54.6 Å². The van der Waals surface area contributed by atoms with Crippen LogP contribution in [0.25, 0.3) is 0 Å². The van der Waals surface area contributed by atoms with Gasteiger partial charge in [-0.2, -0.15) is 11.8 Å². The van der Waals surface area contributed by atoms with Crippen LogP contribution in [0.1, 0.15) is 12.1 Å². The molecule has 6 N–H and O–H groups in total. The van der Waals surface area contributed by atoms with Crippen molar-refractivity contribution in [3.05, 3.63) is 11.9 Å². The first-order valence-corrected chi connectivity index (χ1v) is 11.3. The van der Waals surface area contributed by atoms with Crippen LogP contribution in [0.5, 0.6) is 0 Å². The molecule has 1 fully saturated rings. The summed E-state index contributed by atoms with van der Waals surface area (Å²) in [5.41, 5.74) is 0.395. The first-order valence-electron chi connectivity index (χ1n) is 9.93. The fourth-order valence-electron chi connectivity index (χ4n) is 3.22. The van der Waals surface area contributed by atoms with E-state index in [-0.39, 0.29) is 25.4 Å². The van der Waals surface area contributed by atoms with Crippen molar-refractivity contribution < 1.29 is 49.4 Å². The number of carboxylic acids is 2. The lowest BCUT2D eigenvalue weighted by atomic mass is 9.97. The molecule has 0 amide bonds. The average Bonchev–Trinajstić information content (AvgIpc) is 3.22. The van der Waals surface area contributed by atoms with Crippen LogP contribution in [0.15, 0.2) is 6.20 Å². The second-order valence-corrected chi connectivity index (χ2v) is 8.40. The lowest BCUT2D eigenvalue weighted by Gasteiger charge is -2.38. The molecule has 0 bridgehead atoms. The van der Waals surface area contributed by atoms with E-state index >= 15 is 0 Å². The van der Waals surface area contributed by atoms with Crippen molar-refractivity contribution in [2.75, 3.05) is 19.1 Å². The van der Waals surface area contributed by atoms with Crippen LogP contribution >= 0.6 is 11.8 Å². The van der Waals surface area contributed by atoms with Gasteiger partial charge in [0.15, 0.2) is 18.2 Å².